The van der Waals surface area contributed by atoms with Crippen LogP contribution in [0.15, 0.2) is 0 Å². The molecule has 0 radical (unpaired) electrons. The predicted octanol–water partition coefficient (Wildman–Crippen LogP) is 2.21. The van der Waals surface area contributed by atoms with E-state index in [1.54, 1.807) is 0 Å². The van der Waals surface area contributed by atoms with E-state index < -0.39 is 12.8 Å². The highest BCUT2D eigenvalue weighted by Crippen LogP contribution is 2.22. The maximum Gasteiger partial charge on any atom is 0.101 e. The summed E-state index contributed by atoms with van der Waals surface area (Å²) in [6, 6.07) is 0. The Kier molecular flexibility index (Phi) is 2.65. The fraction of sp³-hybridized carbons (Fsp3) is 1.00. The predicted molar refractivity (Wildman–Crippen MR) is 39.0 cm³/mol. The molecule has 0 aromatic carbocycles. The van der Waals surface area contributed by atoms with Gasteiger partial charge in [-0.1, -0.05) is 13.1 Å². The highest BCUT2D eigenvalue weighted by Gasteiger charge is 2.21. The van der Waals surface area contributed by atoms with Crippen molar-refractivity contribution in [3.05, 3.63) is 0 Å². The summed E-state index contributed by atoms with van der Waals surface area (Å²) in [5.41, 5.74) is 0. The fourth-order valence-electron chi connectivity index (χ4n) is 0. The molecule has 0 saturated heterocycles. The lowest BCUT2D eigenvalue weighted by atomic mass is 10.9. The molecule has 0 aromatic heterocycles. The van der Waals surface area contributed by atoms with Gasteiger partial charge in [-0.25, -0.2) is 0 Å². The topological polar surface area (TPSA) is 0 Å². The summed E-state index contributed by atoms with van der Waals surface area (Å²) in [4.78, 5) is 0. The molecule has 3 heteroatoms. The molecule has 0 N–H and O–H groups in total. The number of alkyl halides is 2. The van der Waals surface area contributed by atoms with E-state index in [4.69, 9.17) is 23.2 Å². The van der Waals surface area contributed by atoms with Crippen LogP contribution in [0.3, 0.4) is 0 Å². The third-order valence-corrected chi connectivity index (χ3v) is 5.66. The van der Waals surface area contributed by atoms with Crippen molar-refractivity contribution < 1.29 is 0 Å². The molecule has 0 amide bonds. The summed E-state index contributed by atoms with van der Waals surface area (Å²) in [5, 5.41) is 0. The van der Waals surface area contributed by atoms with Gasteiger partial charge in [-0.2, -0.15) is 0 Å². The highest BCUT2D eigenvalue weighted by molar-refractivity contribution is 6.81. The molecule has 0 saturated carbocycles. The van der Waals surface area contributed by atoms with Crippen LogP contribution in [0.2, 0.25) is 13.1 Å². The lowest BCUT2D eigenvalue weighted by Crippen LogP contribution is -2.25. The van der Waals surface area contributed by atoms with E-state index in [0.717, 1.165) is 0 Å². The van der Waals surface area contributed by atoms with Crippen LogP contribution in [0.5, 0.6) is 0 Å². The van der Waals surface area contributed by atoms with Crippen LogP contribution in [0, 0.1) is 0 Å². The third kappa shape index (κ3) is 3.39. The molecular weight excluding hydrogens is 147 g/mol. The van der Waals surface area contributed by atoms with Crippen LogP contribution >= 0.6 is 23.2 Å². The highest BCUT2D eigenvalue weighted by atomic mass is 35.5. The van der Waals surface area contributed by atoms with Crippen LogP contribution in [0.1, 0.15) is 6.92 Å². The first-order valence-corrected chi connectivity index (χ1v) is 5.96. The smallest absolute Gasteiger partial charge is 0.101 e. The monoisotopic (exact) mass is 156 g/mol. The zero-order chi connectivity index (χ0) is 6.08. The van der Waals surface area contributed by atoms with Crippen molar-refractivity contribution in [2.24, 2.45) is 0 Å². The van der Waals surface area contributed by atoms with Gasteiger partial charge in [-0.15, -0.1) is 23.2 Å². The van der Waals surface area contributed by atoms with E-state index in [1.807, 2.05) is 6.92 Å². The average Bonchev–Trinajstić information content (AvgIpc) is 1.31. The zero-order valence-electron chi connectivity index (χ0n) is 4.83. The van der Waals surface area contributed by atoms with E-state index in [2.05, 4.69) is 13.1 Å². The van der Waals surface area contributed by atoms with Gasteiger partial charge in [0.25, 0.3) is 0 Å². The molecule has 7 heavy (non-hydrogen) atoms. The third-order valence-electron chi connectivity index (χ3n) is 1.01. The summed E-state index contributed by atoms with van der Waals surface area (Å²) < 4.78 is -0.417. The molecule has 0 fully saturated rings. The summed E-state index contributed by atoms with van der Waals surface area (Å²) in [5.74, 6) is 0. The van der Waals surface area contributed by atoms with E-state index in [1.165, 1.54) is 0 Å². The van der Waals surface area contributed by atoms with E-state index in [-0.39, 0.29) is 0 Å². The summed E-state index contributed by atoms with van der Waals surface area (Å²) in [6.07, 6.45) is 0. The van der Waals surface area contributed by atoms with Crippen molar-refractivity contribution in [3.63, 3.8) is 0 Å². The maximum atomic E-state index is 5.70. The maximum absolute atomic E-state index is 5.70. The van der Waals surface area contributed by atoms with Gasteiger partial charge >= 0.3 is 0 Å². The number of hydrogen-bond acceptors (Lipinski definition) is 0. The normalized spacial score (nSPS) is 12.9. The largest absolute Gasteiger partial charge is 0.106 e. The molecule has 0 spiro atoms. The van der Waals surface area contributed by atoms with Gasteiger partial charge in [-0.3, -0.25) is 0 Å². The van der Waals surface area contributed by atoms with Crippen LogP contribution in [-0.4, -0.2) is 12.8 Å². The Morgan fingerprint density at radius 2 is 1.43 bits per heavy atom. The van der Waals surface area contributed by atoms with Gasteiger partial charge in [-0.05, 0) is 6.92 Å². The van der Waals surface area contributed by atoms with Crippen molar-refractivity contribution in [1.29, 1.82) is 0 Å². The van der Waals surface area contributed by atoms with Crippen LogP contribution in [-0.2, 0) is 0 Å². The van der Waals surface area contributed by atoms with Gasteiger partial charge in [0.2, 0.25) is 0 Å². The molecule has 0 aliphatic carbocycles. The average molecular weight is 157 g/mol. The van der Waals surface area contributed by atoms with Gasteiger partial charge in [0.1, 0.15) is 3.96 Å². The second-order valence-electron chi connectivity index (χ2n) is 2.11. The van der Waals surface area contributed by atoms with E-state index in [9.17, 15) is 0 Å². The summed E-state index contributed by atoms with van der Waals surface area (Å²) >= 11 is 11.4. The first kappa shape index (κ1) is 7.80. The molecule has 0 bridgehead atoms. The Balaban J connectivity index is 3.54. The molecule has 44 valence electrons. The minimum absolute atomic E-state index is 0.417. The van der Waals surface area contributed by atoms with Crippen molar-refractivity contribution >= 4 is 32.0 Å². The Labute approximate surface area is 56.4 Å². The van der Waals surface area contributed by atoms with Crippen LogP contribution in [0.4, 0.5) is 0 Å². The number of halogens is 2. The molecule has 0 rings (SSSR count). The van der Waals surface area contributed by atoms with Crippen molar-refractivity contribution in [2.45, 2.75) is 24.0 Å². The Morgan fingerprint density at radius 3 is 1.43 bits per heavy atom. The van der Waals surface area contributed by atoms with Crippen molar-refractivity contribution in [1.82, 2.24) is 0 Å². The molecule has 0 aromatic rings. The Bertz CT molecular complexity index is 55.2. The fourth-order valence-corrected chi connectivity index (χ4v) is 0. The van der Waals surface area contributed by atoms with E-state index in [0.29, 0.717) is 0 Å². The minimum Gasteiger partial charge on any atom is -0.106 e. The van der Waals surface area contributed by atoms with Crippen LogP contribution in [0.25, 0.3) is 0 Å². The SMILES string of the molecule is C[SiH](C)C(C)(Cl)Cl. The second-order valence-corrected chi connectivity index (χ2v) is 8.07. The summed E-state index contributed by atoms with van der Waals surface area (Å²) in [6.45, 7) is 6.10. The first-order valence-electron chi connectivity index (χ1n) is 2.32. The summed E-state index contributed by atoms with van der Waals surface area (Å²) in [7, 11) is -0.828. The number of hydrogen-bond donors (Lipinski definition) is 0. The molecule has 0 aliphatic rings. The van der Waals surface area contributed by atoms with Crippen molar-refractivity contribution in [2.75, 3.05) is 0 Å². The lowest BCUT2D eigenvalue weighted by molar-refractivity contribution is 1.21. The molecular formula is C4H10Cl2Si. The van der Waals surface area contributed by atoms with E-state index >= 15 is 0 Å². The lowest BCUT2D eigenvalue weighted by Gasteiger charge is -2.15. The van der Waals surface area contributed by atoms with Gasteiger partial charge in [0, 0.05) is 0 Å². The molecule has 0 aliphatic heterocycles. The zero-order valence-corrected chi connectivity index (χ0v) is 7.50. The minimum atomic E-state index is -0.828. The van der Waals surface area contributed by atoms with Crippen LogP contribution < -0.4 is 0 Å². The quantitative estimate of drug-likeness (QED) is 0.404. The Hall–Kier alpha value is 0.797. The standard InChI is InChI=1S/C4H10Cl2Si/c1-4(5,6)7(2)3/h7H,1-3H3. The molecule has 0 heterocycles. The van der Waals surface area contributed by atoms with Gasteiger partial charge < -0.3 is 0 Å². The first-order chi connectivity index (χ1) is 2.94. The number of rotatable bonds is 1. The van der Waals surface area contributed by atoms with Gasteiger partial charge in [0.15, 0.2) is 0 Å². The Morgan fingerprint density at radius 1 is 1.29 bits per heavy atom. The molecule has 0 unspecified atom stereocenters. The van der Waals surface area contributed by atoms with Crippen molar-refractivity contribution in [3.8, 4) is 0 Å². The molecule has 0 nitrogen and oxygen atoms in total. The molecule has 0 atom stereocenters. The second kappa shape index (κ2) is 2.38. The van der Waals surface area contributed by atoms with Gasteiger partial charge in [0.05, 0.1) is 8.80 Å².